The molecule has 0 saturated heterocycles. The molecule has 0 radical (unpaired) electrons. The molecule has 6 atom stereocenters. The predicted octanol–water partition coefficient (Wildman–Crippen LogP) is 8.09. The van der Waals surface area contributed by atoms with Crippen LogP contribution >= 0.6 is 0 Å². The second kappa shape index (κ2) is 19.4. The number of ether oxygens (including phenoxy) is 3. The van der Waals surface area contributed by atoms with Crippen molar-refractivity contribution in [2.24, 2.45) is 22.9 Å². The summed E-state index contributed by atoms with van der Waals surface area (Å²) in [6.07, 6.45) is 9.43. The van der Waals surface area contributed by atoms with Crippen molar-refractivity contribution in [3.05, 3.63) is 119 Å². The van der Waals surface area contributed by atoms with Crippen LogP contribution in [-0.4, -0.2) is 72.0 Å². The SMILES string of the molecule is C=CCOC12Oc3ccc(OCc4ccccc4F)cc3C3C(CCCCO)C(CCCCO)C=C(C(=NOC)CC1N(CCC)C(=O)c1ccc(C#N)cc1)C32. The van der Waals surface area contributed by atoms with Gasteiger partial charge in [-0.1, -0.05) is 55.3 Å². The van der Waals surface area contributed by atoms with E-state index in [1.54, 1.807) is 48.5 Å². The number of oxime groups is 1. The molecule has 11 heteroatoms. The molecule has 6 rings (SSSR count). The topological polar surface area (TPSA) is 134 Å². The number of amides is 1. The highest BCUT2D eigenvalue weighted by molar-refractivity contribution is 6.03. The molecule has 3 aliphatic rings. The van der Waals surface area contributed by atoms with Gasteiger partial charge in [0.25, 0.3) is 5.91 Å². The summed E-state index contributed by atoms with van der Waals surface area (Å²) in [4.78, 5) is 22.1. The number of carbonyl (C=O) groups excluding carboxylic acids is 1. The van der Waals surface area contributed by atoms with Gasteiger partial charge < -0.3 is 34.2 Å². The van der Waals surface area contributed by atoms with Crippen LogP contribution in [-0.2, 0) is 16.2 Å². The number of carbonyl (C=O) groups is 1. The van der Waals surface area contributed by atoms with Crippen LogP contribution in [0.25, 0.3) is 0 Å². The van der Waals surface area contributed by atoms with Crippen LogP contribution < -0.4 is 9.47 Å². The average Bonchev–Trinajstić information content (AvgIpc) is 3.23. The van der Waals surface area contributed by atoms with E-state index < -0.39 is 17.7 Å². The summed E-state index contributed by atoms with van der Waals surface area (Å²) in [7, 11) is 1.52. The molecule has 3 aromatic carbocycles. The summed E-state index contributed by atoms with van der Waals surface area (Å²) in [5.41, 5.74) is 3.87. The number of nitrogens with zero attached hydrogens (tertiary/aromatic N) is 3. The first-order valence-corrected chi connectivity index (χ1v) is 20.1. The van der Waals surface area contributed by atoms with Crippen molar-refractivity contribution in [2.75, 3.05) is 33.5 Å². The van der Waals surface area contributed by atoms with Crippen molar-refractivity contribution in [3.8, 4) is 17.6 Å². The molecule has 0 spiro atoms. The van der Waals surface area contributed by atoms with Crippen molar-refractivity contribution in [3.63, 3.8) is 0 Å². The standard InChI is InChI=1S/C46H54FN3O7/c1-4-22-50(45(53)32-18-16-31(29-48)17-19-32)42-28-40(49-54-3)37-26-33(12-8-10-23-51)36(14-9-11-24-52)43-38-27-35(55-30-34-13-6-7-15-39(34)47)20-21-41(38)57-46(42,44(37)43)56-25-5-2/h5-7,13,15-21,26-27,33,36,42-44,51-52H,2,4,8-12,14,22-25,28,30H2,1,3H3. The minimum absolute atomic E-state index is 0.0385. The molecule has 1 fully saturated rings. The number of aliphatic hydroxyl groups excluding tert-OH is 2. The summed E-state index contributed by atoms with van der Waals surface area (Å²) >= 11 is 0. The van der Waals surface area contributed by atoms with Crippen molar-refractivity contribution in [1.82, 2.24) is 4.90 Å². The monoisotopic (exact) mass is 779 g/mol. The molecule has 1 amide bonds. The van der Waals surface area contributed by atoms with Gasteiger partial charge in [0.1, 0.15) is 37.1 Å². The molecule has 10 nitrogen and oxygen atoms in total. The van der Waals surface area contributed by atoms with E-state index >= 15 is 0 Å². The molecule has 0 bridgehead atoms. The number of aliphatic hydroxyl groups is 2. The van der Waals surface area contributed by atoms with Gasteiger partial charge in [-0.3, -0.25) is 4.79 Å². The van der Waals surface area contributed by atoms with Crippen LogP contribution in [0.3, 0.4) is 0 Å². The van der Waals surface area contributed by atoms with Crippen LogP contribution in [0.2, 0.25) is 0 Å². The Morgan fingerprint density at radius 2 is 1.84 bits per heavy atom. The molecule has 57 heavy (non-hydrogen) atoms. The van der Waals surface area contributed by atoms with E-state index in [2.05, 4.69) is 23.9 Å². The molecule has 1 heterocycles. The lowest BCUT2D eigenvalue weighted by atomic mass is 9.55. The molecule has 1 aliphatic heterocycles. The summed E-state index contributed by atoms with van der Waals surface area (Å²) in [6, 6.07) is 20.3. The third kappa shape index (κ3) is 8.79. The number of fused-ring (bicyclic) bond motifs is 2. The molecule has 6 unspecified atom stereocenters. The predicted molar refractivity (Wildman–Crippen MR) is 215 cm³/mol. The number of hydrogen-bond acceptors (Lipinski definition) is 9. The van der Waals surface area contributed by atoms with E-state index in [4.69, 9.17) is 19.0 Å². The number of allylic oxidation sites excluding steroid dienone is 1. The lowest BCUT2D eigenvalue weighted by Crippen LogP contribution is -2.70. The summed E-state index contributed by atoms with van der Waals surface area (Å²) < 4.78 is 35.2. The number of hydrogen-bond donors (Lipinski definition) is 2. The number of nitriles is 1. The second-order valence-electron chi connectivity index (χ2n) is 15.0. The Kier molecular flexibility index (Phi) is 14.2. The molecule has 302 valence electrons. The fraction of sp³-hybridized carbons (Fsp3) is 0.457. The third-order valence-electron chi connectivity index (χ3n) is 11.6. The Bertz CT molecular complexity index is 1960. The first-order valence-electron chi connectivity index (χ1n) is 20.1. The third-order valence-corrected chi connectivity index (χ3v) is 11.6. The van der Waals surface area contributed by atoms with Gasteiger partial charge in [0.05, 0.1) is 29.9 Å². The lowest BCUT2D eigenvalue weighted by Gasteiger charge is -2.60. The fourth-order valence-electron chi connectivity index (χ4n) is 9.12. The second-order valence-corrected chi connectivity index (χ2v) is 15.0. The zero-order valence-corrected chi connectivity index (χ0v) is 32.9. The zero-order valence-electron chi connectivity index (χ0n) is 32.9. The Labute approximate surface area is 335 Å². The number of benzene rings is 3. The normalized spacial score (nSPS) is 24.0. The van der Waals surface area contributed by atoms with E-state index in [1.165, 1.54) is 13.2 Å². The van der Waals surface area contributed by atoms with Gasteiger partial charge in [-0.25, -0.2) is 4.39 Å². The Hall–Kier alpha value is -5.02. The van der Waals surface area contributed by atoms with Gasteiger partial charge >= 0.3 is 0 Å². The molecule has 0 aromatic heterocycles. The molecular weight excluding hydrogens is 726 g/mol. The number of unbranched alkanes of at least 4 members (excludes halogenated alkanes) is 2. The van der Waals surface area contributed by atoms with Crippen LogP contribution in [0.4, 0.5) is 4.39 Å². The summed E-state index contributed by atoms with van der Waals surface area (Å²) in [5, 5.41) is 33.8. The summed E-state index contributed by atoms with van der Waals surface area (Å²) in [5.74, 6) is -1.40. The minimum Gasteiger partial charge on any atom is -0.489 e. The van der Waals surface area contributed by atoms with Crippen molar-refractivity contribution in [2.45, 2.75) is 82.6 Å². The fourth-order valence-corrected chi connectivity index (χ4v) is 9.12. The van der Waals surface area contributed by atoms with Gasteiger partial charge in [0.15, 0.2) is 0 Å². The van der Waals surface area contributed by atoms with Gasteiger partial charge in [-0.2, -0.15) is 5.26 Å². The first-order chi connectivity index (χ1) is 27.8. The van der Waals surface area contributed by atoms with Crippen LogP contribution in [0.5, 0.6) is 11.5 Å². The van der Waals surface area contributed by atoms with Crippen molar-refractivity contribution >= 4 is 11.6 Å². The number of rotatable bonds is 19. The Morgan fingerprint density at radius 1 is 1.09 bits per heavy atom. The van der Waals surface area contributed by atoms with E-state index in [1.807, 2.05) is 30.0 Å². The lowest BCUT2D eigenvalue weighted by molar-refractivity contribution is -0.254. The maximum Gasteiger partial charge on any atom is 0.254 e. The van der Waals surface area contributed by atoms with Crippen molar-refractivity contribution in [1.29, 1.82) is 5.26 Å². The van der Waals surface area contributed by atoms with E-state index in [9.17, 15) is 24.7 Å². The average molecular weight is 780 g/mol. The first kappa shape index (κ1) is 41.6. The molecule has 3 aromatic rings. The minimum atomic E-state index is -1.40. The molecule has 1 saturated carbocycles. The molecule has 2 N–H and O–H groups in total. The summed E-state index contributed by atoms with van der Waals surface area (Å²) in [6.45, 7) is 6.76. The van der Waals surface area contributed by atoms with E-state index in [0.29, 0.717) is 59.7 Å². The van der Waals surface area contributed by atoms with E-state index in [0.717, 1.165) is 36.8 Å². The number of halogens is 1. The van der Waals surface area contributed by atoms with Crippen LogP contribution in [0.1, 0.15) is 91.3 Å². The van der Waals surface area contributed by atoms with Crippen molar-refractivity contribution < 1.29 is 38.4 Å². The molecule has 2 aliphatic carbocycles. The Morgan fingerprint density at radius 3 is 2.53 bits per heavy atom. The maximum atomic E-state index is 14.7. The van der Waals surface area contributed by atoms with E-state index in [-0.39, 0.29) is 62.3 Å². The largest absolute Gasteiger partial charge is 0.489 e. The highest BCUT2D eigenvalue weighted by atomic mass is 19.1. The van der Waals surface area contributed by atoms with Gasteiger partial charge in [-0.05, 0) is 98.0 Å². The Balaban J connectivity index is 1.56. The molecular formula is C46H54FN3O7. The van der Waals surface area contributed by atoms with Gasteiger partial charge in [0, 0.05) is 48.8 Å². The highest BCUT2D eigenvalue weighted by Crippen LogP contribution is 2.62. The van der Waals surface area contributed by atoms with Gasteiger partial charge in [-0.15, -0.1) is 6.58 Å². The maximum absolute atomic E-state index is 14.7. The smallest absolute Gasteiger partial charge is 0.254 e. The zero-order chi connectivity index (χ0) is 40.4. The van der Waals surface area contributed by atoms with Crippen LogP contribution in [0, 0.1) is 34.9 Å². The highest BCUT2D eigenvalue weighted by Gasteiger charge is 2.65. The van der Waals surface area contributed by atoms with Crippen LogP contribution in [0.15, 0.2) is 96.2 Å². The van der Waals surface area contributed by atoms with Gasteiger partial charge in [0.2, 0.25) is 5.79 Å². The quantitative estimate of drug-likeness (QED) is 0.0709.